The van der Waals surface area contributed by atoms with Crippen LogP contribution in [-0.2, 0) is 0 Å². The van der Waals surface area contributed by atoms with Crippen LogP contribution in [0.1, 0.15) is 23.7 Å². The van der Waals surface area contributed by atoms with E-state index < -0.39 is 4.92 Å². The number of hydrogen-bond donors (Lipinski definition) is 1. The molecule has 0 saturated heterocycles. The summed E-state index contributed by atoms with van der Waals surface area (Å²) in [5.41, 5.74) is -0.123. The number of nitrogens with zero attached hydrogens (tertiary/aromatic N) is 1. The van der Waals surface area contributed by atoms with E-state index in [2.05, 4.69) is 5.32 Å². The van der Waals surface area contributed by atoms with E-state index in [0.29, 0.717) is 0 Å². The van der Waals surface area contributed by atoms with Crippen molar-refractivity contribution in [3.63, 3.8) is 0 Å². The second-order valence-corrected chi connectivity index (χ2v) is 5.22. The van der Waals surface area contributed by atoms with Gasteiger partial charge in [0, 0.05) is 17.9 Å². The Bertz CT molecular complexity index is 482. The molecule has 0 aliphatic rings. The average molecular weight is 303 g/mol. The minimum Gasteiger partial charge on any atom is -0.348 e. The van der Waals surface area contributed by atoms with Crippen LogP contribution in [0.3, 0.4) is 0 Å². The highest BCUT2D eigenvalue weighted by Crippen LogP contribution is 2.27. The standard InChI is InChI=1S/C12H15ClN2O3S/c1-3-8(7-19-2)14-12(16)9-5-4-6-10(11(9)13)15(17)18/h4-6,8H,3,7H2,1-2H3,(H,14,16). The Labute approximate surface area is 120 Å². The molecule has 0 bridgehead atoms. The zero-order chi connectivity index (χ0) is 14.4. The van der Waals surface area contributed by atoms with E-state index in [0.717, 1.165) is 12.2 Å². The van der Waals surface area contributed by atoms with Crippen LogP contribution in [0.25, 0.3) is 0 Å². The number of halogens is 1. The van der Waals surface area contributed by atoms with Crippen molar-refractivity contribution in [3.05, 3.63) is 38.9 Å². The molecule has 7 heteroatoms. The largest absolute Gasteiger partial charge is 0.348 e. The number of thioether (sulfide) groups is 1. The predicted molar refractivity (Wildman–Crippen MR) is 78.0 cm³/mol. The number of nitrogens with one attached hydrogen (secondary N) is 1. The Balaban J connectivity index is 2.94. The number of nitro benzene ring substituents is 1. The summed E-state index contributed by atoms with van der Waals surface area (Å²) < 4.78 is 0. The highest BCUT2D eigenvalue weighted by atomic mass is 35.5. The van der Waals surface area contributed by atoms with E-state index in [-0.39, 0.29) is 28.2 Å². The molecule has 5 nitrogen and oxygen atoms in total. The van der Waals surface area contributed by atoms with E-state index >= 15 is 0 Å². The third kappa shape index (κ3) is 4.11. The van der Waals surface area contributed by atoms with Gasteiger partial charge in [-0.3, -0.25) is 14.9 Å². The Morgan fingerprint density at radius 1 is 1.58 bits per heavy atom. The first-order valence-corrected chi connectivity index (χ1v) is 7.51. The minimum absolute atomic E-state index is 0.0258. The molecule has 1 aromatic rings. The Hall–Kier alpha value is -1.27. The van der Waals surface area contributed by atoms with Crippen LogP contribution >= 0.6 is 23.4 Å². The lowest BCUT2D eigenvalue weighted by Crippen LogP contribution is -2.36. The molecule has 0 aliphatic carbocycles. The lowest BCUT2D eigenvalue weighted by atomic mass is 10.1. The van der Waals surface area contributed by atoms with Crippen molar-refractivity contribution in [3.8, 4) is 0 Å². The van der Waals surface area contributed by atoms with Crippen LogP contribution < -0.4 is 5.32 Å². The monoisotopic (exact) mass is 302 g/mol. The summed E-state index contributed by atoms with van der Waals surface area (Å²) in [5.74, 6) is 0.406. The van der Waals surface area contributed by atoms with Gasteiger partial charge in [0.2, 0.25) is 0 Å². The molecule has 1 aromatic carbocycles. The smallest absolute Gasteiger partial charge is 0.288 e. The third-order valence-corrected chi connectivity index (χ3v) is 3.75. The molecule has 0 radical (unpaired) electrons. The molecular weight excluding hydrogens is 288 g/mol. The highest BCUT2D eigenvalue weighted by molar-refractivity contribution is 7.98. The van der Waals surface area contributed by atoms with Crippen LogP contribution in [0.15, 0.2) is 18.2 Å². The minimum atomic E-state index is -0.599. The van der Waals surface area contributed by atoms with Crippen molar-refractivity contribution in [2.24, 2.45) is 0 Å². The van der Waals surface area contributed by atoms with Gasteiger partial charge in [0.15, 0.2) is 0 Å². The van der Waals surface area contributed by atoms with Crippen LogP contribution in [0.5, 0.6) is 0 Å². The fourth-order valence-electron chi connectivity index (χ4n) is 1.56. The second-order valence-electron chi connectivity index (χ2n) is 3.93. The third-order valence-electron chi connectivity index (χ3n) is 2.62. The van der Waals surface area contributed by atoms with Gasteiger partial charge in [-0.05, 0) is 18.7 Å². The van der Waals surface area contributed by atoms with Crippen molar-refractivity contribution in [1.29, 1.82) is 0 Å². The quantitative estimate of drug-likeness (QED) is 0.647. The van der Waals surface area contributed by atoms with Gasteiger partial charge in [-0.1, -0.05) is 24.6 Å². The molecule has 1 N–H and O–H groups in total. The van der Waals surface area contributed by atoms with Crippen molar-refractivity contribution in [2.45, 2.75) is 19.4 Å². The van der Waals surface area contributed by atoms with Gasteiger partial charge in [-0.25, -0.2) is 0 Å². The molecule has 1 atom stereocenters. The van der Waals surface area contributed by atoms with Gasteiger partial charge in [-0.2, -0.15) is 11.8 Å². The van der Waals surface area contributed by atoms with Gasteiger partial charge < -0.3 is 5.32 Å². The van der Waals surface area contributed by atoms with Crippen molar-refractivity contribution in [1.82, 2.24) is 5.32 Å². The van der Waals surface area contributed by atoms with Gasteiger partial charge in [0.25, 0.3) is 11.6 Å². The first kappa shape index (κ1) is 15.8. The van der Waals surface area contributed by atoms with Crippen LogP contribution in [0.4, 0.5) is 5.69 Å². The number of nitro groups is 1. The van der Waals surface area contributed by atoms with E-state index in [4.69, 9.17) is 11.6 Å². The summed E-state index contributed by atoms with van der Waals surface area (Å²) >= 11 is 7.52. The number of carbonyl (C=O) groups is 1. The van der Waals surface area contributed by atoms with E-state index in [1.54, 1.807) is 11.8 Å². The summed E-state index contributed by atoms with van der Waals surface area (Å²) in [5, 5.41) is 13.5. The molecule has 1 amide bonds. The summed E-state index contributed by atoms with van der Waals surface area (Å²) in [6.07, 6.45) is 2.74. The molecule has 19 heavy (non-hydrogen) atoms. The fraction of sp³-hybridized carbons (Fsp3) is 0.417. The SMILES string of the molecule is CCC(CSC)NC(=O)c1cccc([N+](=O)[O-])c1Cl. The average Bonchev–Trinajstić information content (AvgIpc) is 2.37. The Morgan fingerprint density at radius 2 is 2.26 bits per heavy atom. The topological polar surface area (TPSA) is 72.2 Å². The fourth-order valence-corrected chi connectivity index (χ4v) is 2.56. The van der Waals surface area contributed by atoms with Gasteiger partial charge in [0.1, 0.15) is 5.02 Å². The number of hydrogen-bond acceptors (Lipinski definition) is 4. The number of rotatable bonds is 6. The maximum absolute atomic E-state index is 12.1. The van der Waals surface area contributed by atoms with Crippen LogP contribution in [0.2, 0.25) is 5.02 Å². The Kier molecular flexibility index (Phi) is 6.11. The molecule has 0 spiro atoms. The summed E-state index contributed by atoms with van der Waals surface area (Å²) in [7, 11) is 0. The number of amides is 1. The summed E-state index contributed by atoms with van der Waals surface area (Å²) in [6.45, 7) is 1.97. The predicted octanol–water partition coefficient (Wildman–Crippen LogP) is 3.12. The van der Waals surface area contributed by atoms with Gasteiger partial charge >= 0.3 is 0 Å². The van der Waals surface area contributed by atoms with E-state index in [9.17, 15) is 14.9 Å². The molecule has 1 unspecified atom stereocenters. The molecule has 0 saturated carbocycles. The first-order valence-electron chi connectivity index (χ1n) is 5.74. The zero-order valence-electron chi connectivity index (χ0n) is 10.7. The molecule has 0 heterocycles. The number of carbonyl (C=O) groups excluding carboxylic acids is 1. The maximum atomic E-state index is 12.1. The van der Waals surface area contributed by atoms with E-state index in [1.807, 2.05) is 13.2 Å². The maximum Gasteiger partial charge on any atom is 0.288 e. The van der Waals surface area contributed by atoms with Crippen LogP contribution in [-0.4, -0.2) is 28.9 Å². The van der Waals surface area contributed by atoms with Gasteiger partial charge in [0.05, 0.1) is 10.5 Å². The van der Waals surface area contributed by atoms with Crippen LogP contribution in [0, 0.1) is 10.1 Å². The zero-order valence-corrected chi connectivity index (χ0v) is 12.3. The second kappa shape index (κ2) is 7.35. The number of benzene rings is 1. The molecule has 1 rings (SSSR count). The lowest BCUT2D eigenvalue weighted by molar-refractivity contribution is -0.384. The van der Waals surface area contributed by atoms with Crippen molar-refractivity contribution < 1.29 is 9.72 Å². The van der Waals surface area contributed by atoms with Crippen molar-refractivity contribution >= 4 is 35.0 Å². The van der Waals surface area contributed by atoms with E-state index in [1.165, 1.54) is 18.2 Å². The molecule has 104 valence electrons. The molecule has 0 fully saturated rings. The lowest BCUT2D eigenvalue weighted by Gasteiger charge is -2.16. The van der Waals surface area contributed by atoms with Crippen molar-refractivity contribution in [2.75, 3.05) is 12.0 Å². The normalized spacial score (nSPS) is 11.9. The highest BCUT2D eigenvalue weighted by Gasteiger charge is 2.21. The molecular formula is C12H15ClN2O3S. The first-order chi connectivity index (χ1) is 9.01. The molecule has 0 aromatic heterocycles. The molecule has 0 aliphatic heterocycles. The Morgan fingerprint density at radius 3 is 2.79 bits per heavy atom. The summed E-state index contributed by atoms with van der Waals surface area (Å²) in [4.78, 5) is 22.2. The van der Waals surface area contributed by atoms with Gasteiger partial charge in [-0.15, -0.1) is 0 Å². The summed E-state index contributed by atoms with van der Waals surface area (Å²) in [6, 6.07) is 4.24.